The van der Waals surface area contributed by atoms with Gasteiger partial charge >= 0.3 is 0 Å². The fourth-order valence-electron chi connectivity index (χ4n) is 2.86. The smallest absolute Gasteiger partial charge is 0.193 e. The number of hydrogen-bond acceptors (Lipinski definition) is 2. The van der Waals surface area contributed by atoms with Crippen LogP contribution in [0.5, 0.6) is 0 Å². The summed E-state index contributed by atoms with van der Waals surface area (Å²) >= 11 is 0. The molecule has 3 aromatic rings. The normalized spacial score (nSPS) is 11.1. The van der Waals surface area contributed by atoms with Gasteiger partial charge in [-0.3, -0.25) is 4.79 Å². The van der Waals surface area contributed by atoms with Crippen LogP contribution in [-0.2, 0) is 0 Å². The van der Waals surface area contributed by atoms with E-state index in [1.165, 1.54) is 11.1 Å². The van der Waals surface area contributed by atoms with E-state index in [1.807, 2.05) is 26.8 Å². The number of benzene rings is 2. The molecule has 2 aromatic carbocycles. The maximum atomic E-state index is 12.6. The SMILES string of the molecule is Cc1ccc(-c2cc(=O)c3c(C)c(C)cc(C)c3o2)cc1C. The van der Waals surface area contributed by atoms with E-state index in [4.69, 9.17) is 4.42 Å². The minimum Gasteiger partial charge on any atom is -0.456 e. The van der Waals surface area contributed by atoms with Crippen LogP contribution in [-0.4, -0.2) is 0 Å². The molecule has 2 heteroatoms. The summed E-state index contributed by atoms with van der Waals surface area (Å²) in [5.74, 6) is 0.631. The summed E-state index contributed by atoms with van der Waals surface area (Å²) in [5, 5.41) is 0.699. The van der Waals surface area contributed by atoms with E-state index >= 15 is 0 Å². The molecule has 0 aliphatic heterocycles. The maximum absolute atomic E-state index is 12.6. The number of rotatable bonds is 1. The van der Waals surface area contributed by atoms with Gasteiger partial charge in [0.1, 0.15) is 11.3 Å². The van der Waals surface area contributed by atoms with Crippen molar-refractivity contribution in [3.8, 4) is 11.3 Å². The van der Waals surface area contributed by atoms with Crippen LogP contribution in [0.4, 0.5) is 0 Å². The van der Waals surface area contributed by atoms with E-state index < -0.39 is 0 Å². The lowest BCUT2D eigenvalue weighted by Crippen LogP contribution is -2.04. The Kier molecular flexibility index (Phi) is 3.40. The minimum atomic E-state index is 0.0266. The fraction of sp³-hybridized carbons (Fsp3) is 0.250. The van der Waals surface area contributed by atoms with Crippen molar-refractivity contribution in [3.05, 3.63) is 68.4 Å². The maximum Gasteiger partial charge on any atom is 0.193 e. The van der Waals surface area contributed by atoms with Gasteiger partial charge in [-0.05, 0) is 68.5 Å². The topological polar surface area (TPSA) is 30.2 Å². The van der Waals surface area contributed by atoms with Gasteiger partial charge in [0.25, 0.3) is 0 Å². The Morgan fingerprint density at radius 1 is 0.773 bits per heavy atom. The highest BCUT2D eigenvalue weighted by Crippen LogP contribution is 2.28. The zero-order chi connectivity index (χ0) is 16.0. The van der Waals surface area contributed by atoms with Gasteiger partial charge in [0.15, 0.2) is 5.43 Å². The molecule has 0 bridgehead atoms. The van der Waals surface area contributed by atoms with Crippen LogP contribution < -0.4 is 5.43 Å². The largest absolute Gasteiger partial charge is 0.456 e. The predicted octanol–water partition coefficient (Wildman–Crippen LogP) is 5.00. The molecule has 3 rings (SSSR count). The average Bonchev–Trinajstić information content (AvgIpc) is 2.47. The van der Waals surface area contributed by atoms with E-state index in [9.17, 15) is 4.79 Å². The van der Waals surface area contributed by atoms with E-state index in [2.05, 4.69) is 32.0 Å². The number of fused-ring (bicyclic) bond motifs is 1. The molecule has 0 aliphatic carbocycles. The number of hydrogen-bond donors (Lipinski definition) is 0. The Morgan fingerprint density at radius 2 is 1.50 bits per heavy atom. The summed E-state index contributed by atoms with van der Waals surface area (Å²) in [5.41, 5.74) is 7.21. The van der Waals surface area contributed by atoms with Crippen molar-refractivity contribution < 1.29 is 4.42 Å². The third-order valence-corrected chi connectivity index (χ3v) is 4.50. The molecule has 0 saturated heterocycles. The molecule has 0 fully saturated rings. The van der Waals surface area contributed by atoms with Gasteiger partial charge < -0.3 is 4.42 Å². The van der Waals surface area contributed by atoms with Crippen LogP contribution in [0.1, 0.15) is 27.8 Å². The first-order chi connectivity index (χ1) is 10.4. The molecule has 112 valence electrons. The zero-order valence-corrected chi connectivity index (χ0v) is 13.7. The van der Waals surface area contributed by atoms with Crippen molar-refractivity contribution in [1.82, 2.24) is 0 Å². The predicted molar refractivity (Wildman–Crippen MR) is 91.6 cm³/mol. The standard InChI is InChI=1S/C20H20O2/c1-11-6-7-16(9-12(11)2)18-10-17(21)19-15(5)13(3)8-14(4)20(19)22-18/h6-10H,1-5H3. The molecule has 2 nitrogen and oxygen atoms in total. The van der Waals surface area contributed by atoms with Gasteiger partial charge in [-0.1, -0.05) is 18.2 Å². The fourth-order valence-corrected chi connectivity index (χ4v) is 2.86. The highest BCUT2D eigenvalue weighted by atomic mass is 16.3. The van der Waals surface area contributed by atoms with Crippen LogP contribution in [0, 0.1) is 34.6 Å². The molecule has 0 saturated carbocycles. The first-order valence-electron chi connectivity index (χ1n) is 7.51. The second-order valence-electron chi connectivity index (χ2n) is 6.11. The van der Waals surface area contributed by atoms with E-state index in [-0.39, 0.29) is 5.43 Å². The highest BCUT2D eigenvalue weighted by molar-refractivity contribution is 5.85. The molecule has 0 N–H and O–H groups in total. The molecule has 0 spiro atoms. The molecule has 1 aromatic heterocycles. The molecular formula is C20H20O2. The van der Waals surface area contributed by atoms with Crippen molar-refractivity contribution in [2.24, 2.45) is 0 Å². The van der Waals surface area contributed by atoms with Crippen molar-refractivity contribution in [2.75, 3.05) is 0 Å². The summed E-state index contributed by atoms with van der Waals surface area (Å²) in [6.07, 6.45) is 0. The van der Waals surface area contributed by atoms with Crippen LogP contribution in [0.15, 0.2) is 39.5 Å². The summed E-state index contributed by atoms with van der Waals surface area (Å²) in [6.45, 7) is 10.1. The lowest BCUT2D eigenvalue weighted by atomic mass is 9.99. The first kappa shape index (κ1) is 14.6. The Labute approximate surface area is 130 Å². The second-order valence-corrected chi connectivity index (χ2v) is 6.11. The van der Waals surface area contributed by atoms with Gasteiger partial charge in [-0.15, -0.1) is 0 Å². The van der Waals surface area contributed by atoms with Crippen molar-refractivity contribution >= 4 is 11.0 Å². The summed E-state index contributed by atoms with van der Waals surface area (Å²) in [6, 6.07) is 9.81. The van der Waals surface area contributed by atoms with E-state index in [0.29, 0.717) is 16.7 Å². The third-order valence-electron chi connectivity index (χ3n) is 4.50. The molecule has 22 heavy (non-hydrogen) atoms. The Balaban J connectivity index is 2.34. The molecule has 0 unspecified atom stereocenters. The molecule has 0 atom stereocenters. The Morgan fingerprint density at radius 3 is 2.18 bits per heavy atom. The number of aryl methyl sites for hydroxylation is 5. The average molecular weight is 292 g/mol. The highest BCUT2D eigenvalue weighted by Gasteiger charge is 2.13. The van der Waals surface area contributed by atoms with Gasteiger partial charge in [0, 0.05) is 11.6 Å². The van der Waals surface area contributed by atoms with Crippen molar-refractivity contribution in [3.63, 3.8) is 0 Å². The monoisotopic (exact) mass is 292 g/mol. The minimum absolute atomic E-state index is 0.0266. The van der Waals surface area contributed by atoms with Crippen LogP contribution in [0.2, 0.25) is 0 Å². The molecule has 1 heterocycles. The summed E-state index contributed by atoms with van der Waals surface area (Å²) in [7, 11) is 0. The summed E-state index contributed by atoms with van der Waals surface area (Å²) in [4.78, 5) is 12.6. The van der Waals surface area contributed by atoms with Crippen LogP contribution in [0.3, 0.4) is 0 Å². The molecule has 0 radical (unpaired) electrons. The van der Waals surface area contributed by atoms with Gasteiger partial charge in [0.2, 0.25) is 0 Å². The van der Waals surface area contributed by atoms with Crippen LogP contribution >= 0.6 is 0 Å². The Hall–Kier alpha value is -2.35. The first-order valence-corrected chi connectivity index (χ1v) is 7.51. The van der Waals surface area contributed by atoms with Gasteiger partial charge in [-0.2, -0.15) is 0 Å². The van der Waals surface area contributed by atoms with Crippen LogP contribution in [0.25, 0.3) is 22.3 Å². The van der Waals surface area contributed by atoms with Gasteiger partial charge in [-0.25, -0.2) is 0 Å². The lowest BCUT2D eigenvalue weighted by molar-refractivity contribution is 0.615. The summed E-state index contributed by atoms with van der Waals surface area (Å²) < 4.78 is 6.09. The zero-order valence-electron chi connectivity index (χ0n) is 13.7. The van der Waals surface area contributed by atoms with Gasteiger partial charge in [0.05, 0.1) is 5.39 Å². The van der Waals surface area contributed by atoms with Crippen molar-refractivity contribution in [2.45, 2.75) is 34.6 Å². The second kappa shape index (κ2) is 5.13. The van der Waals surface area contributed by atoms with E-state index in [0.717, 1.165) is 22.3 Å². The third kappa shape index (κ3) is 2.25. The molecular weight excluding hydrogens is 272 g/mol. The lowest BCUT2D eigenvalue weighted by Gasteiger charge is -2.10. The quantitative estimate of drug-likeness (QED) is 0.631. The Bertz CT molecular complexity index is 946. The molecule has 0 amide bonds. The molecule has 0 aliphatic rings. The van der Waals surface area contributed by atoms with Crippen molar-refractivity contribution in [1.29, 1.82) is 0 Å². The van der Waals surface area contributed by atoms with E-state index in [1.54, 1.807) is 6.07 Å².